The first-order valence-electron chi connectivity index (χ1n) is 6.00. The van der Waals surface area contributed by atoms with Gasteiger partial charge in [0.2, 0.25) is 0 Å². The van der Waals surface area contributed by atoms with Crippen LogP contribution < -0.4 is 4.74 Å². The molecule has 0 heterocycles. The van der Waals surface area contributed by atoms with Gasteiger partial charge in [-0.05, 0) is 64.3 Å². The van der Waals surface area contributed by atoms with Crippen LogP contribution in [0.5, 0.6) is 11.5 Å². The highest BCUT2D eigenvalue weighted by molar-refractivity contribution is 9.10. The van der Waals surface area contributed by atoms with Crippen LogP contribution in [0.25, 0.3) is 6.08 Å². The highest BCUT2D eigenvalue weighted by Crippen LogP contribution is 2.30. The van der Waals surface area contributed by atoms with Gasteiger partial charge in [0.1, 0.15) is 11.5 Å². The minimum Gasteiger partial charge on any atom is -0.478 e. The van der Waals surface area contributed by atoms with Crippen molar-refractivity contribution in [1.82, 2.24) is 0 Å². The number of hydrogen-bond donors (Lipinski definition) is 1. The molecule has 0 fully saturated rings. The van der Waals surface area contributed by atoms with E-state index in [9.17, 15) is 4.79 Å². The molecule has 0 aliphatic heterocycles. The summed E-state index contributed by atoms with van der Waals surface area (Å²) in [6, 6.07) is 13.1. The van der Waals surface area contributed by atoms with Crippen molar-refractivity contribution in [2.75, 3.05) is 0 Å². The molecule has 2 rings (SSSR count). The topological polar surface area (TPSA) is 46.5 Å². The van der Waals surface area contributed by atoms with Crippen LogP contribution in [0.3, 0.4) is 0 Å². The summed E-state index contributed by atoms with van der Waals surface area (Å²) in [5, 5.41) is 8.63. The molecule has 0 spiro atoms. The van der Waals surface area contributed by atoms with Crippen LogP contribution in [0.4, 0.5) is 0 Å². The van der Waals surface area contributed by atoms with E-state index < -0.39 is 5.97 Å². The normalized spacial score (nSPS) is 10.7. The average Bonchev–Trinajstić information content (AvgIpc) is 2.40. The molecule has 4 heteroatoms. The van der Waals surface area contributed by atoms with Crippen molar-refractivity contribution in [3.05, 3.63) is 64.1 Å². The molecular formula is C16H13BrO3. The number of halogens is 1. The predicted molar refractivity (Wildman–Crippen MR) is 82.1 cm³/mol. The molecular weight excluding hydrogens is 320 g/mol. The van der Waals surface area contributed by atoms with Crippen LogP contribution in [0.15, 0.2) is 53.0 Å². The summed E-state index contributed by atoms with van der Waals surface area (Å²) in [5.41, 5.74) is 1.80. The van der Waals surface area contributed by atoms with Gasteiger partial charge in [-0.2, -0.15) is 0 Å². The zero-order valence-corrected chi connectivity index (χ0v) is 12.4. The van der Waals surface area contributed by atoms with Gasteiger partial charge in [-0.15, -0.1) is 0 Å². The monoisotopic (exact) mass is 332 g/mol. The molecule has 0 aromatic heterocycles. The van der Waals surface area contributed by atoms with Gasteiger partial charge in [0.15, 0.2) is 0 Å². The SMILES string of the molecule is Cc1cc(Oc2ccccc2Br)ccc1C=CC(=O)O. The maximum absolute atomic E-state index is 10.5. The van der Waals surface area contributed by atoms with E-state index in [0.717, 1.165) is 27.4 Å². The van der Waals surface area contributed by atoms with E-state index in [2.05, 4.69) is 15.9 Å². The Bertz CT molecular complexity index is 663. The largest absolute Gasteiger partial charge is 0.478 e. The molecule has 3 nitrogen and oxygen atoms in total. The molecule has 2 aromatic carbocycles. The number of hydrogen-bond acceptors (Lipinski definition) is 2. The number of carbonyl (C=O) groups is 1. The Balaban J connectivity index is 2.21. The third kappa shape index (κ3) is 3.71. The molecule has 0 radical (unpaired) electrons. The van der Waals surface area contributed by atoms with E-state index >= 15 is 0 Å². The Kier molecular flexibility index (Phi) is 4.58. The van der Waals surface area contributed by atoms with Crippen molar-refractivity contribution < 1.29 is 14.6 Å². The van der Waals surface area contributed by atoms with Crippen LogP contribution in [0, 0.1) is 6.92 Å². The smallest absolute Gasteiger partial charge is 0.328 e. The molecule has 0 unspecified atom stereocenters. The summed E-state index contributed by atoms with van der Waals surface area (Å²) in [7, 11) is 0. The number of aliphatic carboxylic acids is 1. The zero-order valence-electron chi connectivity index (χ0n) is 10.8. The molecule has 102 valence electrons. The van der Waals surface area contributed by atoms with Gasteiger partial charge in [-0.3, -0.25) is 0 Å². The molecule has 0 amide bonds. The van der Waals surface area contributed by atoms with Crippen molar-refractivity contribution in [2.45, 2.75) is 6.92 Å². The second kappa shape index (κ2) is 6.39. The maximum Gasteiger partial charge on any atom is 0.328 e. The Morgan fingerprint density at radius 3 is 2.65 bits per heavy atom. The second-order valence-corrected chi connectivity index (χ2v) is 5.08. The van der Waals surface area contributed by atoms with Crippen molar-refractivity contribution in [3.8, 4) is 11.5 Å². The fourth-order valence-electron chi connectivity index (χ4n) is 1.71. The lowest BCUT2D eigenvalue weighted by Gasteiger charge is -2.09. The van der Waals surface area contributed by atoms with Gasteiger partial charge in [0.05, 0.1) is 4.47 Å². The maximum atomic E-state index is 10.5. The van der Waals surface area contributed by atoms with Gasteiger partial charge in [-0.25, -0.2) is 4.79 Å². The van der Waals surface area contributed by atoms with Crippen LogP contribution in [-0.2, 0) is 4.79 Å². The number of aryl methyl sites for hydroxylation is 1. The Labute approximate surface area is 125 Å². The lowest BCUT2D eigenvalue weighted by molar-refractivity contribution is -0.131. The van der Waals surface area contributed by atoms with Gasteiger partial charge < -0.3 is 9.84 Å². The average molecular weight is 333 g/mol. The molecule has 0 saturated heterocycles. The lowest BCUT2D eigenvalue weighted by atomic mass is 10.1. The number of carboxylic acid groups (broad SMARTS) is 1. The first-order valence-corrected chi connectivity index (χ1v) is 6.79. The van der Waals surface area contributed by atoms with Gasteiger partial charge in [0, 0.05) is 6.08 Å². The van der Waals surface area contributed by atoms with Gasteiger partial charge in [0.25, 0.3) is 0 Å². The Hall–Kier alpha value is -2.07. The molecule has 0 saturated carbocycles. The molecule has 0 atom stereocenters. The highest BCUT2D eigenvalue weighted by atomic mass is 79.9. The number of ether oxygens (including phenoxy) is 1. The molecule has 0 bridgehead atoms. The summed E-state index contributed by atoms with van der Waals surface area (Å²) in [5.74, 6) is 0.487. The lowest BCUT2D eigenvalue weighted by Crippen LogP contribution is -1.89. The van der Waals surface area contributed by atoms with Crippen LogP contribution >= 0.6 is 15.9 Å². The molecule has 0 aliphatic rings. The highest BCUT2D eigenvalue weighted by Gasteiger charge is 2.03. The third-order valence-electron chi connectivity index (χ3n) is 2.71. The van der Waals surface area contributed by atoms with E-state index in [0.29, 0.717) is 5.75 Å². The number of rotatable bonds is 4. The number of benzene rings is 2. The molecule has 0 aliphatic carbocycles. The standard InChI is InChI=1S/C16H13BrO3/c1-11-10-13(8-6-12(11)7-9-16(18)19)20-15-5-3-2-4-14(15)17/h2-10H,1H3,(H,18,19). The van der Waals surface area contributed by atoms with E-state index in [4.69, 9.17) is 9.84 Å². The van der Waals surface area contributed by atoms with Crippen LogP contribution in [0.1, 0.15) is 11.1 Å². The van der Waals surface area contributed by atoms with Crippen molar-refractivity contribution in [3.63, 3.8) is 0 Å². The van der Waals surface area contributed by atoms with Crippen molar-refractivity contribution in [1.29, 1.82) is 0 Å². The first kappa shape index (κ1) is 14.3. The summed E-state index contributed by atoms with van der Waals surface area (Å²) < 4.78 is 6.67. The summed E-state index contributed by atoms with van der Waals surface area (Å²) >= 11 is 3.43. The van der Waals surface area contributed by atoms with E-state index in [1.54, 1.807) is 6.08 Å². The molecule has 1 N–H and O–H groups in total. The van der Waals surface area contributed by atoms with E-state index in [-0.39, 0.29) is 0 Å². The second-order valence-electron chi connectivity index (χ2n) is 4.22. The van der Waals surface area contributed by atoms with Crippen molar-refractivity contribution >= 4 is 28.0 Å². The predicted octanol–water partition coefficient (Wildman–Crippen LogP) is 4.65. The Morgan fingerprint density at radius 2 is 2.00 bits per heavy atom. The van der Waals surface area contributed by atoms with Crippen LogP contribution in [0.2, 0.25) is 0 Å². The number of carboxylic acids is 1. The van der Waals surface area contributed by atoms with E-state index in [1.807, 2.05) is 49.4 Å². The van der Waals surface area contributed by atoms with Crippen molar-refractivity contribution in [2.24, 2.45) is 0 Å². The van der Waals surface area contributed by atoms with Gasteiger partial charge >= 0.3 is 5.97 Å². The number of para-hydroxylation sites is 1. The summed E-state index contributed by atoms with van der Waals surface area (Å²) in [6.45, 7) is 1.91. The zero-order chi connectivity index (χ0) is 14.5. The fraction of sp³-hybridized carbons (Fsp3) is 0.0625. The third-order valence-corrected chi connectivity index (χ3v) is 3.37. The minimum atomic E-state index is -0.960. The molecule has 2 aromatic rings. The first-order chi connectivity index (χ1) is 9.56. The van der Waals surface area contributed by atoms with Gasteiger partial charge in [-0.1, -0.05) is 18.2 Å². The van der Waals surface area contributed by atoms with Crippen LogP contribution in [-0.4, -0.2) is 11.1 Å². The summed E-state index contributed by atoms with van der Waals surface area (Å²) in [6.07, 6.45) is 2.69. The molecule has 20 heavy (non-hydrogen) atoms. The quantitative estimate of drug-likeness (QED) is 0.829. The minimum absolute atomic E-state index is 0.710. The Morgan fingerprint density at radius 1 is 1.25 bits per heavy atom. The fourth-order valence-corrected chi connectivity index (χ4v) is 2.08. The van der Waals surface area contributed by atoms with E-state index in [1.165, 1.54) is 0 Å². The summed E-state index contributed by atoms with van der Waals surface area (Å²) in [4.78, 5) is 10.5.